The molecule has 1 saturated heterocycles. The summed E-state index contributed by atoms with van der Waals surface area (Å²) in [5.74, 6) is 0. The van der Waals surface area contributed by atoms with Gasteiger partial charge in [0.25, 0.3) is 0 Å². The second kappa shape index (κ2) is 2.28. The Morgan fingerprint density at radius 1 is 1.86 bits per heavy atom. The minimum absolute atomic E-state index is 0.927. The number of β-amino-alcohol motifs (C(OH)–C–C–N with tert-alkyl or cyclic N) is 1. The summed E-state index contributed by atoms with van der Waals surface area (Å²) in [5.41, 5.74) is 0. The first-order chi connectivity index (χ1) is 5.04. The number of hydrogen-bond donors (Lipinski definition) is 2. The molecule has 7 heavy (non-hydrogen) atoms. The highest BCUT2D eigenvalue weighted by Crippen LogP contribution is 1.98. The Balaban J connectivity index is 2.63. The Morgan fingerprint density at radius 3 is 3.57 bits per heavy atom. The number of nitrogens with one attached hydrogen (secondary N) is 1. The molecule has 2 heteroatoms. The van der Waals surface area contributed by atoms with Crippen LogP contribution in [0, 0.1) is 0 Å². The number of rotatable bonds is 0. The Bertz CT molecular complexity index is 132. The molecule has 1 aliphatic heterocycles. The lowest BCUT2D eigenvalue weighted by Crippen LogP contribution is -2.33. The topological polar surface area (TPSA) is 32.3 Å². The van der Waals surface area contributed by atoms with Crippen molar-refractivity contribution in [3.63, 3.8) is 0 Å². The molecule has 42 valence electrons. The van der Waals surface area contributed by atoms with E-state index in [1.54, 1.807) is 0 Å². The first-order valence-electron chi connectivity index (χ1n) is 4.48. The van der Waals surface area contributed by atoms with Crippen molar-refractivity contribution >= 4 is 0 Å². The second-order valence-electron chi connectivity index (χ2n) is 1.38. The minimum Gasteiger partial charge on any atom is -0.392 e. The molecular formula is C5H11NO. The van der Waals surface area contributed by atoms with Crippen molar-refractivity contribution in [1.82, 2.24) is 5.32 Å². The summed E-state index contributed by atoms with van der Waals surface area (Å²) in [6.07, 6.45) is -3.16. The fourth-order valence-electron chi connectivity index (χ4n) is 0.435. The zero-order valence-electron chi connectivity index (χ0n) is 7.83. The van der Waals surface area contributed by atoms with E-state index in [9.17, 15) is 0 Å². The summed E-state index contributed by atoms with van der Waals surface area (Å²) < 4.78 is 28.8. The van der Waals surface area contributed by atoms with Crippen LogP contribution in [-0.4, -0.2) is 24.3 Å². The van der Waals surface area contributed by atoms with Crippen LogP contribution in [0.4, 0.5) is 0 Å². The molecule has 1 fully saturated rings. The van der Waals surface area contributed by atoms with E-state index < -0.39 is 31.9 Å². The summed E-state index contributed by atoms with van der Waals surface area (Å²) in [6.45, 7) is -1.93. The predicted molar refractivity (Wildman–Crippen MR) is 28.1 cm³/mol. The molecule has 0 aliphatic carbocycles. The molecule has 0 bridgehead atoms. The van der Waals surface area contributed by atoms with Crippen LogP contribution in [0.25, 0.3) is 0 Å². The highest BCUT2D eigenvalue weighted by atomic mass is 16.3. The molecule has 0 radical (unpaired) electrons. The van der Waals surface area contributed by atoms with Gasteiger partial charge in [0.2, 0.25) is 0 Å². The van der Waals surface area contributed by atoms with Crippen molar-refractivity contribution in [2.24, 2.45) is 0 Å². The van der Waals surface area contributed by atoms with Gasteiger partial charge in [0.15, 0.2) is 0 Å². The van der Waals surface area contributed by atoms with E-state index >= 15 is 0 Å². The number of piperidine rings is 1. The molecule has 0 spiro atoms. The van der Waals surface area contributed by atoms with Gasteiger partial charge in [-0.05, 0) is 19.3 Å². The second-order valence-corrected chi connectivity index (χ2v) is 1.38. The van der Waals surface area contributed by atoms with E-state index in [-0.39, 0.29) is 0 Å². The zero-order valence-corrected chi connectivity index (χ0v) is 3.83. The van der Waals surface area contributed by atoms with E-state index in [0.717, 1.165) is 0 Å². The molecule has 0 aromatic carbocycles. The maximum absolute atomic E-state index is 9.09. The van der Waals surface area contributed by atoms with Gasteiger partial charge in [-0.15, -0.1) is 0 Å². The van der Waals surface area contributed by atoms with E-state index in [4.69, 9.17) is 10.6 Å². The molecule has 0 aromatic rings. The average Bonchev–Trinajstić information content (AvgIpc) is 1.97. The van der Waals surface area contributed by atoms with Gasteiger partial charge in [0.05, 0.1) is 6.10 Å². The third-order valence-electron chi connectivity index (χ3n) is 0.768. The summed E-state index contributed by atoms with van der Waals surface area (Å²) in [4.78, 5) is 0. The van der Waals surface area contributed by atoms with Gasteiger partial charge < -0.3 is 10.4 Å². The minimum atomic E-state index is -1.15. The molecule has 0 saturated carbocycles. The first kappa shape index (κ1) is 2.03. The Hall–Kier alpha value is -0.0800. The maximum Gasteiger partial charge on any atom is 0.0665 e. The number of aliphatic hydroxyl groups excluding tert-OH is 1. The molecule has 0 aromatic heterocycles. The molecule has 1 rings (SSSR count). The summed E-state index contributed by atoms with van der Waals surface area (Å²) >= 11 is 0. The van der Waals surface area contributed by atoms with Crippen molar-refractivity contribution < 1.29 is 10.6 Å². The smallest absolute Gasteiger partial charge is 0.0665 e. The van der Waals surface area contributed by atoms with E-state index in [2.05, 4.69) is 5.32 Å². The zero-order chi connectivity index (χ0) is 8.59. The fraction of sp³-hybridized carbons (Fsp3) is 1.00. The van der Waals surface area contributed by atoms with E-state index in [0.29, 0.717) is 0 Å². The van der Waals surface area contributed by atoms with Crippen LogP contribution < -0.4 is 5.32 Å². The normalized spacial score (nSPS) is 83.3. The number of aliphatic hydroxyl groups is 1. The SMILES string of the molecule is [2H]C1NC([2H])C(O)C([2H])C1[2H]. The molecule has 5 unspecified atom stereocenters. The Labute approximate surface area is 49.2 Å². The number of hydrogen-bond acceptors (Lipinski definition) is 2. The van der Waals surface area contributed by atoms with Crippen molar-refractivity contribution in [3.05, 3.63) is 0 Å². The highest BCUT2D eigenvalue weighted by molar-refractivity contribution is 4.65. The highest BCUT2D eigenvalue weighted by Gasteiger charge is 2.06. The fourth-order valence-corrected chi connectivity index (χ4v) is 0.435. The molecule has 1 aliphatic rings. The lowest BCUT2D eigenvalue weighted by Gasteiger charge is -2.16. The molecule has 2 nitrogen and oxygen atoms in total. The van der Waals surface area contributed by atoms with Gasteiger partial charge in [-0.2, -0.15) is 0 Å². The standard InChI is InChI=1S/C5H11NO/c7-5-2-1-3-6-4-5/h5-7H,1-4H2/i1D,2D,3D,4D. The van der Waals surface area contributed by atoms with E-state index in [1.165, 1.54) is 0 Å². The van der Waals surface area contributed by atoms with Crippen molar-refractivity contribution in [1.29, 1.82) is 0 Å². The Kier molecular flexibility index (Phi) is 0.664. The summed E-state index contributed by atoms with van der Waals surface area (Å²) in [6, 6.07) is 0. The van der Waals surface area contributed by atoms with Crippen molar-refractivity contribution in [3.8, 4) is 0 Å². The summed E-state index contributed by atoms with van der Waals surface area (Å²) in [7, 11) is 0. The predicted octanol–water partition coefficient (Wildman–Crippen LogP) is -0.269. The molecule has 1 heterocycles. The lowest BCUT2D eigenvalue weighted by molar-refractivity contribution is 0.142. The first-order valence-corrected chi connectivity index (χ1v) is 2.17. The van der Waals surface area contributed by atoms with Crippen LogP contribution in [-0.2, 0) is 0 Å². The Morgan fingerprint density at radius 2 is 2.71 bits per heavy atom. The quantitative estimate of drug-likeness (QED) is 0.444. The van der Waals surface area contributed by atoms with Gasteiger partial charge in [-0.25, -0.2) is 0 Å². The van der Waals surface area contributed by atoms with Crippen LogP contribution in [0.5, 0.6) is 0 Å². The summed E-state index contributed by atoms with van der Waals surface area (Å²) in [5, 5.41) is 11.5. The van der Waals surface area contributed by atoms with Crippen LogP contribution in [0.2, 0.25) is 0 Å². The molecular weight excluding hydrogens is 90.1 g/mol. The molecule has 2 N–H and O–H groups in total. The van der Waals surface area contributed by atoms with Crippen molar-refractivity contribution in [2.75, 3.05) is 13.0 Å². The van der Waals surface area contributed by atoms with Crippen LogP contribution in [0.15, 0.2) is 0 Å². The molecule has 5 atom stereocenters. The van der Waals surface area contributed by atoms with Gasteiger partial charge in [-0.1, -0.05) is 0 Å². The van der Waals surface area contributed by atoms with Crippen LogP contribution in [0.1, 0.15) is 18.3 Å². The molecule has 0 amide bonds. The van der Waals surface area contributed by atoms with Gasteiger partial charge in [0.1, 0.15) is 0 Å². The third-order valence-corrected chi connectivity index (χ3v) is 0.768. The average molecular weight is 105 g/mol. The van der Waals surface area contributed by atoms with Gasteiger partial charge in [-0.3, -0.25) is 0 Å². The van der Waals surface area contributed by atoms with Crippen molar-refractivity contribution in [2.45, 2.75) is 18.9 Å². The largest absolute Gasteiger partial charge is 0.392 e. The van der Waals surface area contributed by atoms with Gasteiger partial charge >= 0.3 is 0 Å². The monoisotopic (exact) mass is 105 g/mol. The van der Waals surface area contributed by atoms with Gasteiger partial charge in [0, 0.05) is 12.0 Å². The van der Waals surface area contributed by atoms with E-state index in [1.807, 2.05) is 0 Å². The third kappa shape index (κ3) is 1.45. The lowest BCUT2D eigenvalue weighted by atomic mass is 10.1. The van der Waals surface area contributed by atoms with Crippen LogP contribution in [0.3, 0.4) is 0 Å². The van der Waals surface area contributed by atoms with Crippen LogP contribution >= 0.6 is 0 Å². The maximum atomic E-state index is 9.09.